The first-order chi connectivity index (χ1) is 10.1. The number of methoxy groups -OCH3 is 1. The highest BCUT2D eigenvalue weighted by Gasteiger charge is 2.28. The second-order valence-electron chi connectivity index (χ2n) is 4.38. The van der Waals surface area contributed by atoms with Crippen LogP contribution in [-0.4, -0.2) is 38.1 Å². The molecule has 0 fully saturated rings. The van der Waals surface area contributed by atoms with Crippen LogP contribution in [0.4, 0.5) is 5.95 Å². The lowest BCUT2D eigenvalue weighted by Gasteiger charge is -2.23. The first-order valence-electron chi connectivity index (χ1n) is 6.09. The number of anilines is 1. The molecule has 2 heterocycles. The Balaban J connectivity index is 2.15. The van der Waals surface area contributed by atoms with Crippen molar-refractivity contribution in [3.05, 3.63) is 41.9 Å². The number of phenols is 1. The second kappa shape index (κ2) is 4.82. The van der Waals surface area contributed by atoms with Crippen molar-refractivity contribution >= 4 is 11.9 Å². The number of allylic oxidation sites excluding steroid dienone is 1. The lowest BCUT2D eigenvalue weighted by Crippen LogP contribution is -2.24. The summed E-state index contributed by atoms with van der Waals surface area (Å²) in [6.45, 7) is 0. The predicted molar refractivity (Wildman–Crippen MR) is 72.2 cm³/mol. The monoisotopic (exact) mass is 288 g/mol. The number of nitrogens with one attached hydrogen (secondary N) is 1. The quantitative estimate of drug-likeness (QED) is 0.772. The van der Waals surface area contributed by atoms with Gasteiger partial charge in [0.2, 0.25) is 5.95 Å². The van der Waals surface area contributed by atoms with Crippen LogP contribution in [-0.2, 0) is 4.79 Å². The van der Waals surface area contributed by atoms with Crippen molar-refractivity contribution in [3.63, 3.8) is 0 Å². The third-order valence-electron chi connectivity index (χ3n) is 3.21. The lowest BCUT2D eigenvalue weighted by atomic mass is 10.0. The Kier molecular flexibility index (Phi) is 2.98. The van der Waals surface area contributed by atoms with Crippen molar-refractivity contribution < 1.29 is 19.7 Å². The molecule has 3 N–H and O–H groups in total. The number of nitrogens with zero attached hydrogens (tertiary/aromatic N) is 3. The molecule has 3 rings (SSSR count). The molecule has 0 unspecified atom stereocenters. The molecule has 0 radical (unpaired) electrons. The van der Waals surface area contributed by atoms with Crippen molar-refractivity contribution in [3.8, 4) is 11.5 Å². The van der Waals surface area contributed by atoms with E-state index in [0.717, 1.165) is 0 Å². The zero-order chi connectivity index (χ0) is 15.0. The van der Waals surface area contributed by atoms with E-state index >= 15 is 0 Å². The number of phenolic OH excluding ortho intramolecular Hbond substituents is 1. The van der Waals surface area contributed by atoms with Crippen LogP contribution < -0.4 is 10.1 Å². The van der Waals surface area contributed by atoms with Gasteiger partial charge in [0, 0.05) is 5.56 Å². The Morgan fingerprint density at radius 2 is 2.29 bits per heavy atom. The summed E-state index contributed by atoms with van der Waals surface area (Å²) in [5.74, 6) is -0.578. The van der Waals surface area contributed by atoms with Gasteiger partial charge in [-0.3, -0.25) is 0 Å². The normalized spacial score (nSPS) is 16.6. The molecule has 2 aromatic rings. The Morgan fingerprint density at radius 1 is 1.48 bits per heavy atom. The third kappa shape index (κ3) is 2.06. The van der Waals surface area contributed by atoms with E-state index in [4.69, 9.17) is 9.84 Å². The van der Waals surface area contributed by atoms with E-state index in [0.29, 0.717) is 17.3 Å². The van der Waals surface area contributed by atoms with Gasteiger partial charge in [0.25, 0.3) is 0 Å². The molecule has 1 aliphatic heterocycles. The fourth-order valence-corrected chi connectivity index (χ4v) is 2.22. The van der Waals surface area contributed by atoms with Gasteiger partial charge in [-0.25, -0.2) is 9.48 Å². The van der Waals surface area contributed by atoms with Crippen molar-refractivity contribution in [2.24, 2.45) is 0 Å². The molecule has 1 aromatic heterocycles. The molecule has 8 heteroatoms. The summed E-state index contributed by atoms with van der Waals surface area (Å²) in [6.07, 6.45) is 2.77. The number of hydrogen-bond donors (Lipinski definition) is 3. The maximum Gasteiger partial charge on any atom is 0.352 e. The van der Waals surface area contributed by atoms with E-state index in [-0.39, 0.29) is 11.4 Å². The molecule has 0 amide bonds. The Morgan fingerprint density at radius 3 is 3.00 bits per heavy atom. The van der Waals surface area contributed by atoms with Crippen LogP contribution in [0.5, 0.6) is 11.5 Å². The highest BCUT2D eigenvalue weighted by atomic mass is 16.5. The molecule has 8 nitrogen and oxygen atoms in total. The van der Waals surface area contributed by atoms with Crippen molar-refractivity contribution in [1.29, 1.82) is 0 Å². The number of para-hydroxylation sites is 1. The van der Waals surface area contributed by atoms with Crippen molar-refractivity contribution in [2.75, 3.05) is 12.4 Å². The van der Waals surface area contributed by atoms with Crippen LogP contribution in [0.15, 0.2) is 36.3 Å². The van der Waals surface area contributed by atoms with E-state index < -0.39 is 12.0 Å². The Bertz CT molecular complexity index is 738. The van der Waals surface area contributed by atoms with Crippen LogP contribution >= 0.6 is 0 Å². The first-order valence-corrected chi connectivity index (χ1v) is 6.09. The van der Waals surface area contributed by atoms with Crippen LogP contribution in [0.2, 0.25) is 0 Å². The smallest absolute Gasteiger partial charge is 0.352 e. The minimum Gasteiger partial charge on any atom is -0.504 e. The average Bonchev–Trinajstić information content (AvgIpc) is 2.95. The summed E-state index contributed by atoms with van der Waals surface area (Å²) in [5, 5.41) is 26.1. The number of aromatic nitrogens is 3. The molecule has 1 atom stereocenters. The highest BCUT2D eigenvalue weighted by Crippen LogP contribution is 2.38. The van der Waals surface area contributed by atoms with Gasteiger partial charge < -0.3 is 20.3 Å². The number of aliphatic carboxylic acids is 1. The summed E-state index contributed by atoms with van der Waals surface area (Å²) in [4.78, 5) is 15.2. The van der Waals surface area contributed by atoms with E-state index in [1.807, 2.05) is 0 Å². The number of carbonyl (C=O) groups is 1. The minimum absolute atomic E-state index is 0.0253. The number of ether oxygens (including phenoxy) is 1. The van der Waals surface area contributed by atoms with Crippen LogP contribution in [0.1, 0.15) is 11.6 Å². The topological polar surface area (TPSA) is 110 Å². The van der Waals surface area contributed by atoms with Gasteiger partial charge in [-0.2, -0.15) is 10.1 Å². The molecular formula is C13H12N4O4. The molecule has 0 saturated carbocycles. The average molecular weight is 288 g/mol. The highest BCUT2D eigenvalue weighted by molar-refractivity contribution is 5.90. The molecule has 1 aliphatic rings. The first kappa shape index (κ1) is 13.0. The van der Waals surface area contributed by atoms with Gasteiger partial charge in [-0.1, -0.05) is 12.1 Å². The molecule has 1 aromatic carbocycles. The summed E-state index contributed by atoms with van der Waals surface area (Å²) >= 11 is 0. The predicted octanol–water partition coefficient (Wildman–Crippen LogP) is 0.976. The van der Waals surface area contributed by atoms with E-state index in [9.17, 15) is 9.90 Å². The van der Waals surface area contributed by atoms with Crippen molar-refractivity contribution in [1.82, 2.24) is 14.8 Å². The molecule has 21 heavy (non-hydrogen) atoms. The Hall–Kier alpha value is -3.03. The van der Waals surface area contributed by atoms with Gasteiger partial charge in [-0.15, -0.1) is 0 Å². The minimum atomic E-state index is -1.11. The van der Waals surface area contributed by atoms with Gasteiger partial charge >= 0.3 is 5.97 Å². The summed E-state index contributed by atoms with van der Waals surface area (Å²) in [7, 11) is 1.45. The number of rotatable bonds is 3. The Labute approximate surface area is 119 Å². The van der Waals surface area contributed by atoms with Crippen LogP contribution in [0.3, 0.4) is 0 Å². The number of fused-ring (bicyclic) bond motifs is 1. The molecule has 0 aliphatic carbocycles. The largest absolute Gasteiger partial charge is 0.504 e. The number of hydrogen-bond acceptors (Lipinski definition) is 6. The number of benzene rings is 1. The second-order valence-corrected chi connectivity index (χ2v) is 4.38. The zero-order valence-corrected chi connectivity index (χ0v) is 11.0. The number of carboxylic acids is 1. The van der Waals surface area contributed by atoms with E-state index in [1.54, 1.807) is 18.2 Å². The summed E-state index contributed by atoms with van der Waals surface area (Å²) in [6, 6.07) is 4.41. The standard InChI is InChI=1S/C13H12N4O4/c1-21-10-4-2-3-7(11(10)18)9-5-8(12(19)20)16-13-14-6-15-17(9)13/h2-6,9,18H,1H3,(H,19,20)(H,14,15,16)/t9-/m1/s1. The lowest BCUT2D eigenvalue weighted by molar-refractivity contribution is -0.132. The molecule has 0 spiro atoms. The van der Waals surface area contributed by atoms with Gasteiger partial charge in [-0.05, 0) is 12.1 Å². The molecule has 0 saturated heterocycles. The molecule has 108 valence electrons. The van der Waals surface area contributed by atoms with Crippen LogP contribution in [0.25, 0.3) is 0 Å². The fraction of sp³-hybridized carbons (Fsp3) is 0.154. The maximum absolute atomic E-state index is 11.2. The maximum atomic E-state index is 11.2. The van der Waals surface area contributed by atoms with Crippen molar-refractivity contribution in [2.45, 2.75) is 6.04 Å². The molecule has 0 bridgehead atoms. The summed E-state index contributed by atoms with van der Waals surface area (Å²) in [5.41, 5.74) is 0.448. The molecular weight excluding hydrogens is 276 g/mol. The van der Waals surface area contributed by atoms with Crippen LogP contribution in [0, 0.1) is 0 Å². The van der Waals surface area contributed by atoms with Gasteiger partial charge in [0.1, 0.15) is 18.1 Å². The summed E-state index contributed by atoms with van der Waals surface area (Å²) < 4.78 is 6.56. The van der Waals surface area contributed by atoms with Gasteiger partial charge in [0.05, 0.1) is 7.11 Å². The van der Waals surface area contributed by atoms with E-state index in [1.165, 1.54) is 24.2 Å². The van der Waals surface area contributed by atoms with E-state index in [2.05, 4.69) is 15.4 Å². The SMILES string of the molecule is COc1cccc([C@H]2C=C(C(=O)O)Nc3ncnn32)c1O. The van der Waals surface area contributed by atoms with Gasteiger partial charge in [0.15, 0.2) is 11.5 Å². The fourth-order valence-electron chi connectivity index (χ4n) is 2.22. The number of aromatic hydroxyl groups is 1. The zero-order valence-electron chi connectivity index (χ0n) is 11.0. The third-order valence-corrected chi connectivity index (χ3v) is 3.21. The number of carboxylic acid groups (broad SMARTS) is 1.